The molecule has 2 N–H and O–H groups in total. The summed E-state index contributed by atoms with van der Waals surface area (Å²) in [5.74, 6) is 0. The fraction of sp³-hybridized carbons (Fsp3) is 0.500. The van der Waals surface area contributed by atoms with Crippen molar-refractivity contribution in [2.24, 2.45) is 0 Å². The molecule has 0 aliphatic heterocycles. The van der Waals surface area contributed by atoms with Crippen molar-refractivity contribution in [3.63, 3.8) is 0 Å². The molecule has 0 amide bonds. The average molecular weight is 142 g/mol. The van der Waals surface area contributed by atoms with E-state index < -0.39 is 6.10 Å². The molecule has 10 heavy (non-hydrogen) atoms. The molecule has 0 spiro atoms. The highest BCUT2D eigenvalue weighted by Gasteiger charge is 2.01. The van der Waals surface area contributed by atoms with Gasteiger partial charge < -0.3 is 10.2 Å². The van der Waals surface area contributed by atoms with Gasteiger partial charge in [0.1, 0.15) is 0 Å². The fourth-order valence-corrected chi connectivity index (χ4v) is 0.682. The van der Waals surface area contributed by atoms with E-state index in [1.54, 1.807) is 23.1 Å². The van der Waals surface area contributed by atoms with Crippen LogP contribution in [0, 0.1) is 0 Å². The Kier molecular flexibility index (Phi) is 2.42. The van der Waals surface area contributed by atoms with Crippen LogP contribution in [0.3, 0.4) is 0 Å². The smallest absolute Gasteiger partial charge is 0.0966 e. The lowest BCUT2D eigenvalue weighted by molar-refractivity contribution is 0.0782. The second-order valence-electron chi connectivity index (χ2n) is 2.06. The number of aliphatic hydroxyl groups excluding tert-OH is 2. The zero-order valence-corrected chi connectivity index (χ0v) is 5.51. The van der Waals surface area contributed by atoms with E-state index in [1.807, 2.05) is 0 Å². The minimum absolute atomic E-state index is 0.222. The summed E-state index contributed by atoms with van der Waals surface area (Å²) in [5, 5.41) is 21.2. The third-order valence-electron chi connectivity index (χ3n) is 1.17. The predicted octanol–water partition coefficient (Wildman–Crippen LogP) is -0.764. The van der Waals surface area contributed by atoms with E-state index in [0.717, 1.165) is 0 Å². The summed E-state index contributed by atoms with van der Waals surface area (Å²) in [6.45, 7) is 0.128. The lowest BCUT2D eigenvalue weighted by Gasteiger charge is -2.05. The van der Waals surface area contributed by atoms with Crippen LogP contribution >= 0.6 is 0 Å². The molecule has 0 bridgehead atoms. The van der Waals surface area contributed by atoms with Crippen molar-refractivity contribution in [1.29, 1.82) is 0 Å². The van der Waals surface area contributed by atoms with Crippen LogP contribution in [-0.4, -0.2) is 32.7 Å². The van der Waals surface area contributed by atoms with Gasteiger partial charge in [-0.2, -0.15) is 5.10 Å². The maximum absolute atomic E-state index is 8.92. The lowest BCUT2D eigenvalue weighted by atomic mass is 10.4. The van der Waals surface area contributed by atoms with E-state index in [9.17, 15) is 0 Å². The van der Waals surface area contributed by atoms with Crippen LogP contribution in [-0.2, 0) is 6.54 Å². The molecule has 1 atom stereocenters. The number of aliphatic hydroxyl groups is 2. The van der Waals surface area contributed by atoms with Crippen molar-refractivity contribution in [3.8, 4) is 0 Å². The lowest BCUT2D eigenvalue weighted by Crippen LogP contribution is -2.19. The third kappa shape index (κ3) is 1.82. The van der Waals surface area contributed by atoms with Gasteiger partial charge in [-0.15, -0.1) is 0 Å². The number of hydrogen-bond acceptors (Lipinski definition) is 3. The Bertz CT molecular complexity index is 174. The summed E-state index contributed by atoms with van der Waals surface area (Å²) in [6, 6.07) is 1.77. The van der Waals surface area contributed by atoms with Crippen molar-refractivity contribution in [1.82, 2.24) is 9.78 Å². The van der Waals surface area contributed by atoms with E-state index in [4.69, 9.17) is 10.2 Å². The standard InChI is InChI=1S/C6H10N2O2/c9-5-6(10)4-8-3-1-2-7-8/h1-3,6,9-10H,4-5H2/t6-/m0/s1. The molecule has 1 aromatic rings. The monoisotopic (exact) mass is 142 g/mol. The molecule has 0 fully saturated rings. The number of rotatable bonds is 3. The van der Waals surface area contributed by atoms with Gasteiger partial charge in [0.15, 0.2) is 0 Å². The average Bonchev–Trinajstić information content (AvgIpc) is 2.40. The highest BCUT2D eigenvalue weighted by molar-refractivity contribution is 4.78. The van der Waals surface area contributed by atoms with Gasteiger partial charge in [-0.1, -0.05) is 0 Å². The maximum atomic E-state index is 8.92. The van der Waals surface area contributed by atoms with Crippen LogP contribution in [0.25, 0.3) is 0 Å². The zero-order valence-electron chi connectivity index (χ0n) is 5.51. The summed E-state index contributed by atoms with van der Waals surface area (Å²) in [7, 11) is 0. The van der Waals surface area contributed by atoms with Gasteiger partial charge in [-0.05, 0) is 6.07 Å². The largest absolute Gasteiger partial charge is 0.394 e. The molecule has 1 heterocycles. The Morgan fingerprint density at radius 1 is 1.60 bits per heavy atom. The summed E-state index contributed by atoms with van der Waals surface area (Å²) in [4.78, 5) is 0. The fourth-order valence-electron chi connectivity index (χ4n) is 0.682. The first-order chi connectivity index (χ1) is 4.83. The zero-order chi connectivity index (χ0) is 7.40. The molecule has 56 valence electrons. The summed E-state index contributed by atoms with van der Waals surface area (Å²) >= 11 is 0. The van der Waals surface area contributed by atoms with Crippen molar-refractivity contribution < 1.29 is 10.2 Å². The Morgan fingerprint density at radius 2 is 2.40 bits per heavy atom. The van der Waals surface area contributed by atoms with Gasteiger partial charge in [-0.25, -0.2) is 0 Å². The Balaban J connectivity index is 2.40. The minimum atomic E-state index is -0.708. The Labute approximate surface area is 58.7 Å². The SMILES string of the molecule is OC[C@@H](O)Cn1cccn1. The number of nitrogens with zero attached hydrogens (tertiary/aromatic N) is 2. The molecule has 0 aromatic carbocycles. The quantitative estimate of drug-likeness (QED) is 0.583. The van der Waals surface area contributed by atoms with Gasteiger partial charge in [0.25, 0.3) is 0 Å². The van der Waals surface area contributed by atoms with Gasteiger partial charge in [-0.3, -0.25) is 4.68 Å². The van der Waals surface area contributed by atoms with Gasteiger partial charge in [0, 0.05) is 12.4 Å². The third-order valence-corrected chi connectivity index (χ3v) is 1.17. The molecule has 4 heteroatoms. The summed E-state index contributed by atoms with van der Waals surface area (Å²) in [6.07, 6.45) is 2.66. The van der Waals surface area contributed by atoms with Crippen LogP contribution in [0.5, 0.6) is 0 Å². The highest BCUT2D eigenvalue weighted by Crippen LogP contribution is 1.88. The van der Waals surface area contributed by atoms with E-state index in [1.165, 1.54) is 0 Å². The second-order valence-corrected chi connectivity index (χ2v) is 2.06. The van der Waals surface area contributed by atoms with Crippen LogP contribution in [0.15, 0.2) is 18.5 Å². The molecular formula is C6H10N2O2. The molecule has 0 unspecified atom stereocenters. The van der Waals surface area contributed by atoms with E-state index in [0.29, 0.717) is 6.54 Å². The normalized spacial score (nSPS) is 13.4. The highest BCUT2D eigenvalue weighted by atomic mass is 16.3. The molecule has 0 aliphatic carbocycles. The van der Waals surface area contributed by atoms with Crippen LogP contribution in [0.4, 0.5) is 0 Å². The molecule has 0 aliphatic rings. The minimum Gasteiger partial charge on any atom is -0.394 e. The first-order valence-corrected chi connectivity index (χ1v) is 3.09. The first-order valence-electron chi connectivity index (χ1n) is 3.09. The molecule has 0 saturated carbocycles. The van der Waals surface area contributed by atoms with Crippen molar-refractivity contribution in [2.75, 3.05) is 6.61 Å². The number of aromatic nitrogens is 2. The van der Waals surface area contributed by atoms with Crippen LogP contribution in [0.2, 0.25) is 0 Å². The first kappa shape index (κ1) is 7.24. The van der Waals surface area contributed by atoms with Gasteiger partial charge in [0.2, 0.25) is 0 Å². The second kappa shape index (κ2) is 3.34. The molecule has 1 aromatic heterocycles. The molecule has 1 rings (SSSR count). The van der Waals surface area contributed by atoms with Crippen molar-refractivity contribution in [3.05, 3.63) is 18.5 Å². The molecule has 0 saturated heterocycles. The molecule has 0 radical (unpaired) electrons. The van der Waals surface area contributed by atoms with E-state index in [-0.39, 0.29) is 6.61 Å². The van der Waals surface area contributed by atoms with Crippen LogP contribution in [0.1, 0.15) is 0 Å². The maximum Gasteiger partial charge on any atom is 0.0966 e. The van der Waals surface area contributed by atoms with Gasteiger partial charge in [0.05, 0.1) is 19.3 Å². The summed E-state index contributed by atoms with van der Waals surface area (Å²) in [5.41, 5.74) is 0. The summed E-state index contributed by atoms with van der Waals surface area (Å²) < 4.78 is 1.57. The van der Waals surface area contributed by atoms with E-state index in [2.05, 4.69) is 5.10 Å². The van der Waals surface area contributed by atoms with Crippen molar-refractivity contribution in [2.45, 2.75) is 12.6 Å². The van der Waals surface area contributed by atoms with Crippen LogP contribution < -0.4 is 0 Å². The molecular weight excluding hydrogens is 132 g/mol. The van der Waals surface area contributed by atoms with Crippen molar-refractivity contribution >= 4 is 0 Å². The van der Waals surface area contributed by atoms with Gasteiger partial charge >= 0.3 is 0 Å². The Morgan fingerprint density at radius 3 is 2.90 bits per heavy atom. The molecule has 4 nitrogen and oxygen atoms in total. The Hall–Kier alpha value is -0.870. The van der Waals surface area contributed by atoms with E-state index >= 15 is 0 Å². The number of hydrogen-bond donors (Lipinski definition) is 2. The predicted molar refractivity (Wildman–Crippen MR) is 35.3 cm³/mol. The topological polar surface area (TPSA) is 58.3 Å².